The number of rotatable bonds is 4. The van der Waals surface area contributed by atoms with E-state index in [1.807, 2.05) is 6.07 Å². The van der Waals surface area contributed by atoms with Crippen LogP contribution in [-0.2, 0) is 11.3 Å². The molecule has 1 amide bonds. The smallest absolute Gasteiger partial charge is 0.261 e. The van der Waals surface area contributed by atoms with E-state index in [0.717, 1.165) is 4.47 Å². The number of oxazole rings is 1. The topological polar surface area (TPSA) is 90.0 Å². The van der Waals surface area contributed by atoms with Crippen molar-refractivity contribution in [2.45, 2.75) is 19.9 Å². The summed E-state index contributed by atoms with van der Waals surface area (Å²) in [7, 11) is 0. The molecule has 0 bridgehead atoms. The first kappa shape index (κ1) is 17.4. The zero-order valence-corrected chi connectivity index (χ0v) is 16.0. The number of fused-ring (bicyclic) bond motifs is 2. The number of hydrogen-bond acceptors (Lipinski definition) is 5. The fraction of sp³-hybridized carbons (Fsp3) is 0.158. The third-order valence-electron chi connectivity index (χ3n) is 4.14. The van der Waals surface area contributed by atoms with Crippen LogP contribution in [0.25, 0.3) is 22.0 Å². The molecule has 0 atom stereocenters. The minimum Gasteiger partial charge on any atom is -0.441 e. The fourth-order valence-corrected chi connectivity index (χ4v) is 3.22. The van der Waals surface area contributed by atoms with Gasteiger partial charge >= 0.3 is 0 Å². The van der Waals surface area contributed by atoms with Crippen molar-refractivity contribution in [3.8, 4) is 0 Å². The number of nitrogens with one attached hydrogen (secondary N) is 1. The van der Waals surface area contributed by atoms with Crippen LogP contribution in [0.4, 0.5) is 5.69 Å². The van der Waals surface area contributed by atoms with Gasteiger partial charge in [0.1, 0.15) is 5.52 Å². The van der Waals surface area contributed by atoms with Gasteiger partial charge in [0.2, 0.25) is 5.91 Å². The van der Waals surface area contributed by atoms with Crippen LogP contribution < -0.4 is 10.9 Å². The second-order valence-corrected chi connectivity index (χ2v) is 7.03. The number of nitrogens with zero attached hydrogens (tertiary/aromatic N) is 3. The molecule has 4 rings (SSSR count). The molecular weight excluding hydrogens is 412 g/mol. The van der Waals surface area contributed by atoms with Gasteiger partial charge in [-0.2, -0.15) is 0 Å². The molecule has 0 aliphatic heterocycles. The summed E-state index contributed by atoms with van der Waals surface area (Å²) in [5.74, 6) is 0.374. The van der Waals surface area contributed by atoms with Gasteiger partial charge in [-0.25, -0.2) is 9.97 Å². The minimum absolute atomic E-state index is 0.150. The normalized spacial score (nSPS) is 11.2. The largest absolute Gasteiger partial charge is 0.441 e. The lowest BCUT2D eigenvalue weighted by Crippen LogP contribution is -2.23. The molecule has 0 spiro atoms. The first-order valence-electron chi connectivity index (χ1n) is 8.31. The number of halogens is 1. The summed E-state index contributed by atoms with van der Waals surface area (Å²) in [4.78, 5) is 33.3. The van der Waals surface area contributed by atoms with Crippen molar-refractivity contribution in [3.63, 3.8) is 0 Å². The molecule has 2 aromatic carbocycles. The molecule has 7 nitrogen and oxygen atoms in total. The Labute approximate surface area is 162 Å². The Morgan fingerprint density at radius 1 is 1.22 bits per heavy atom. The predicted molar refractivity (Wildman–Crippen MR) is 106 cm³/mol. The first-order chi connectivity index (χ1) is 13.0. The summed E-state index contributed by atoms with van der Waals surface area (Å²) in [6.45, 7) is 2.01. The third kappa shape index (κ3) is 3.61. The monoisotopic (exact) mass is 426 g/mol. The average molecular weight is 427 g/mol. The zero-order valence-electron chi connectivity index (χ0n) is 14.4. The van der Waals surface area contributed by atoms with E-state index in [1.54, 1.807) is 37.3 Å². The van der Waals surface area contributed by atoms with Gasteiger partial charge in [0.15, 0.2) is 11.5 Å². The Morgan fingerprint density at radius 2 is 2.07 bits per heavy atom. The Hall–Kier alpha value is -3.00. The van der Waals surface area contributed by atoms with Crippen LogP contribution in [0.5, 0.6) is 0 Å². The molecule has 136 valence electrons. The third-order valence-corrected chi connectivity index (χ3v) is 4.64. The second kappa shape index (κ2) is 6.96. The van der Waals surface area contributed by atoms with Crippen LogP contribution in [0.3, 0.4) is 0 Å². The van der Waals surface area contributed by atoms with Crippen LogP contribution in [-0.4, -0.2) is 20.4 Å². The van der Waals surface area contributed by atoms with E-state index in [9.17, 15) is 9.59 Å². The molecule has 0 aliphatic rings. The van der Waals surface area contributed by atoms with Gasteiger partial charge in [-0.3, -0.25) is 14.2 Å². The summed E-state index contributed by atoms with van der Waals surface area (Å²) < 4.78 is 7.67. The van der Waals surface area contributed by atoms with Crippen LogP contribution in [0.1, 0.15) is 12.3 Å². The van der Waals surface area contributed by atoms with Crippen molar-refractivity contribution in [2.24, 2.45) is 0 Å². The Morgan fingerprint density at radius 3 is 2.93 bits per heavy atom. The van der Waals surface area contributed by atoms with Gasteiger partial charge in [0.25, 0.3) is 5.56 Å². The zero-order chi connectivity index (χ0) is 19.0. The highest BCUT2D eigenvalue weighted by Gasteiger charge is 2.09. The number of aryl methyl sites for hydroxylation is 2. The predicted octanol–water partition coefficient (Wildman–Crippen LogP) is 3.64. The molecule has 0 saturated carbocycles. The van der Waals surface area contributed by atoms with Crippen LogP contribution in [0.2, 0.25) is 0 Å². The highest BCUT2D eigenvalue weighted by atomic mass is 79.9. The minimum atomic E-state index is -0.198. The van der Waals surface area contributed by atoms with Crippen molar-refractivity contribution in [1.29, 1.82) is 0 Å². The highest BCUT2D eigenvalue weighted by Crippen LogP contribution is 2.20. The summed E-state index contributed by atoms with van der Waals surface area (Å²) in [6.07, 6.45) is 1.62. The number of hydrogen-bond donors (Lipinski definition) is 1. The Kier molecular flexibility index (Phi) is 4.49. The lowest BCUT2D eigenvalue weighted by molar-refractivity contribution is -0.116. The summed E-state index contributed by atoms with van der Waals surface area (Å²) >= 11 is 3.36. The van der Waals surface area contributed by atoms with Gasteiger partial charge in [-0.1, -0.05) is 15.9 Å². The number of aromatic nitrogens is 3. The molecule has 1 N–H and O–H groups in total. The van der Waals surface area contributed by atoms with E-state index in [4.69, 9.17) is 4.42 Å². The standard InChI is InChI=1S/C19H15BrN4O3/c1-11-22-16-9-13(3-5-17(16)27-11)23-18(25)6-7-24-10-21-15-4-2-12(20)8-14(15)19(24)26/h2-5,8-10H,6-7H2,1H3,(H,23,25). The van der Waals surface area contributed by atoms with E-state index in [1.165, 1.54) is 10.9 Å². The molecule has 0 fully saturated rings. The van der Waals surface area contributed by atoms with Gasteiger partial charge in [-0.15, -0.1) is 0 Å². The molecule has 0 aliphatic carbocycles. The van der Waals surface area contributed by atoms with Gasteiger partial charge in [-0.05, 0) is 36.4 Å². The number of benzene rings is 2. The maximum Gasteiger partial charge on any atom is 0.261 e. The lowest BCUT2D eigenvalue weighted by atomic mass is 10.2. The summed E-state index contributed by atoms with van der Waals surface area (Å²) in [5.41, 5.74) is 2.44. The molecule has 2 aromatic heterocycles. The molecule has 0 saturated heterocycles. The van der Waals surface area contributed by atoms with Crippen molar-refractivity contribution in [3.05, 3.63) is 63.4 Å². The number of anilines is 1. The van der Waals surface area contributed by atoms with Crippen LogP contribution in [0, 0.1) is 6.92 Å². The molecule has 2 heterocycles. The van der Waals surface area contributed by atoms with Gasteiger partial charge < -0.3 is 9.73 Å². The number of carbonyl (C=O) groups is 1. The van der Waals surface area contributed by atoms with Crippen molar-refractivity contribution < 1.29 is 9.21 Å². The fourth-order valence-electron chi connectivity index (χ4n) is 2.86. The van der Waals surface area contributed by atoms with E-state index in [2.05, 4.69) is 31.2 Å². The van der Waals surface area contributed by atoms with Gasteiger partial charge in [0, 0.05) is 30.0 Å². The molecular formula is C19H15BrN4O3. The SMILES string of the molecule is Cc1nc2cc(NC(=O)CCn3cnc4ccc(Br)cc4c3=O)ccc2o1. The van der Waals surface area contributed by atoms with Crippen LogP contribution >= 0.6 is 15.9 Å². The molecule has 27 heavy (non-hydrogen) atoms. The first-order valence-corrected chi connectivity index (χ1v) is 9.11. The number of carbonyl (C=O) groups excluding carboxylic acids is 1. The van der Waals surface area contributed by atoms with Crippen molar-refractivity contribution >= 4 is 49.5 Å². The van der Waals surface area contributed by atoms with E-state index < -0.39 is 0 Å². The Bertz CT molecular complexity index is 1230. The van der Waals surface area contributed by atoms with Crippen molar-refractivity contribution in [1.82, 2.24) is 14.5 Å². The summed E-state index contributed by atoms with van der Waals surface area (Å²) in [6, 6.07) is 10.6. The molecule has 0 unspecified atom stereocenters. The van der Waals surface area contributed by atoms with E-state index >= 15 is 0 Å². The maximum absolute atomic E-state index is 12.6. The quantitative estimate of drug-likeness (QED) is 0.537. The average Bonchev–Trinajstić information content (AvgIpc) is 3.01. The van der Waals surface area contributed by atoms with E-state index in [-0.39, 0.29) is 24.4 Å². The highest BCUT2D eigenvalue weighted by molar-refractivity contribution is 9.10. The van der Waals surface area contributed by atoms with E-state index in [0.29, 0.717) is 33.6 Å². The molecule has 4 aromatic rings. The molecule has 0 radical (unpaired) electrons. The second-order valence-electron chi connectivity index (χ2n) is 6.12. The van der Waals surface area contributed by atoms with Gasteiger partial charge in [0.05, 0.1) is 17.2 Å². The van der Waals surface area contributed by atoms with Crippen molar-refractivity contribution in [2.75, 3.05) is 5.32 Å². The number of amides is 1. The Balaban J connectivity index is 1.47. The summed E-state index contributed by atoms with van der Waals surface area (Å²) in [5, 5.41) is 3.33. The maximum atomic E-state index is 12.6. The molecule has 8 heteroatoms. The lowest BCUT2D eigenvalue weighted by Gasteiger charge is -2.08. The van der Waals surface area contributed by atoms with Crippen LogP contribution in [0.15, 0.2) is 56.4 Å².